The van der Waals surface area contributed by atoms with E-state index in [1.165, 1.54) is 19.6 Å². The molecule has 1 atom stereocenters. The van der Waals surface area contributed by atoms with Crippen molar-refractivity contribution in [2.75, 3.05) is 7.05 Å². The molecule has 3 N–H and O–H groups in total. The predicted molar refractivity (Wildman–Crippen MR) is 65.6 cm³/mol. The van der Waals surface area contributed by atoms with Crippen LogP contribution in [0.15, 0.2) is 22.7 Å². The number of hydrogen-bond donors (Lipinski definition) is 2. The second-order valence-corrected chi connectivity index (χ2v) is 5.99. The molecule has 1 heterocycles. The van der Waals surface area contributed by atoms with Gasteiger partial charge in [0.25, 0.3) is 10.0 Å². The Bertz CT molecular complexity index is 536. The fraction of sp³-hybridized carbons (Fsp3) is 0.556. The van der Waals surface area contributed by atoms with E-state index in [2.05, 4.69) is 10.1 Å². The van der Waals surface area contributed by atoms with E-state index in [0.29, 0.717) is 0 Å². The van der Waals surface area contributed by atoms with Crippen LogP contribution in [0.3, 0.4) is 0 Å². The lowest BCUT2D eigenvalue weighted by molar-refractivity contribution is 0.313. The number of imidazole rings is 1. The van der Waals surface area contributed by atoms with Crippen LogP contribution in [-0.4, -0.2) is 46.4 Å². The van der Waals surface area contributed by atoms with Gasteiger partial charge in [-0.05, 0) is 6.92 Å². The van der Waals surface area contributed by atoms with Crippen molar-refractivity contribution < 1.29 is 13.6 Å². The molecule has 1 aromatic rings. The highest BCUT2D eigenvalue weighted by molar-refractivity contribution is 7.89. The number of oxime groups is 1. The van der Waals surface area contributed by atoms with Gasteiger partial charge in [-0.3, -0.25) is 0 Å². The van der Waals surface area contributed by atoms with Crippen LogP contribution in [0.25, 0.3) is 0 Å². The van der Waals surface area contributed by atoms with Crippen molar-refractivity contribution >= 4 is 15.9 Å². The second kappa shape index (κ2) is 5.36. The monoisotopic (exact) mass is 275 g/mol. The van der Waals surface area contributed by atoms with Gasteiger partial charge in [0.05, 0.1) is 6.33 Å². The molecule has 0 saturated heterocycles. The molecular formula is C9H17N5O3S. The van der Waals surface area contributed by atoms with Crippen molar-refractivity contribution in [1.29, 1.82) is 0 Å². The lowest BCUT2D eigenvalue weighted by atomic mass is 10.2. The van der Waals surface area contributed by atoms with Gasteiger partial charge in [0.2, 0.25) is 0 Å². The third kappa shape index (κ3) is 2.99. The third-order valence-corrected chi connectivity index (χ3v) is 4.44. The maximum absolute atomic E-state index is 12.2. The molecule has 0 radical (unpaired) electrons. The SMILES string of the molecule is CC(CC(N)=NO)N(C)S(=O)(=O)c1cn(C)cn1. The Labute approximate surface area is 106 Å². The fourth-order valence-corrected chi connectivity index (χ4v) is 2.70. The Morgan fingerprint density at radius 1 is 1.72 bits per heavy atom. The van der Waals surface area contributed by atoms with E-state index in [-0.39, 0.29) is 17.3 Å². The number of aromatic nitrogens is 2. The molecule has 8 nitrogen and oxygen atoms in total. The molecule has 1 rings (SSSR count). The maximum atomic E-state index is 12.2. The lowest BCUT2D eigenvalue weighted by Gasteiger charge is -2.22. The molecule has 0 amide bonds. The minimum Gasteiger partial charge on any atom is -0.409 e. The molecule has 0 saturated carbocycles. The van der Waals surface area contributed by atoms with Crippen LogP contribution >= 0.6 is 0 Å². The van der Waals surface area contributed by atoms with Gasteiger partial charge >= 0.3 is 0 Å². The minimum atomic E-state index is -3.66. The van der Waals surface area contributed by atoms with Gasteiger partial charge in [0.1, 0.15) is 5.84 Å². The van der Waals surface area contributed by atoms with Gasteiger partial charge in [0, 0.05) is 32.8 Å². The van der Waals surface area contributed by atoms with E-state index < -0.39 is 16.1 Å². The Morgan fingerprint density at radius 3 is 2.78 bits per heavy atom. The van der Waals surface area contributed by atoms with Crippen LogP contribution in [-0.2, 0) is 17.1 Å². The molecule has 1 aromatic heterocycles. The summed E-state index contributed by atoms with van der Waals surface area (Å²) in [5.74, 6) is -0.0226. The van der Waals surface area contributed by atoms with Gasteiger partial charge < -0.3 is 15.5 Å². The lowest BCUT2D eigenvalue weighted by Crippen LogP contribution is -2.37. The number of amidine groups is 1. The molecule has 0 aliphatic rings. The number of rotatable bonds is 5. The zero-order chi connectivity index (χ0) is 13.9. The summed E-state index contributed by atoms with van der Waals surface area (Å²) in [6, 6.07) is -0.437. The van der Waals surface area contributed by atoms with Gasteiger partial charge in [-0.15, -0.1) is 0 Å². The Kier molecular flexibility index (Phi) is 4.30. The molecule has 102 valence electrons. The highest BCUT2D eigenvalue weighted by atomic mass is 32.2. The van der Waals surface area contributed by atoms with Crippen LogP contribution in [0.4, 0.5) is 0 Å². The summed E-state index contributed by atoms with van der Waals surface area (Å²) in [6.07, 6.45) is 2.97. The summed E-state index contributed by atoms with van der Waals surface area (Å²) in [6.45, 7) is 1.67. The largest absolute Gasteiger partial charge is 0.409 e. The van der Waals surface area contributed by atoms with Crippen molar-refractivity contribution in [3.05, 3.63) is 12.5 Å². The first-order valence-corrected chi connectivity index (χ1v) is 6.65. The summed E-state index contributed by atoms with van der Waals surface area (Å²) in [5, 5.41) is 11.3. The number of aryl methyl sites for hydroxylation is 1. The molecule has 0 fully saturated rings. The normalized spacial score (nSPS) is 15.0. The van der Waals surface area contributed by atoms with Crippen LogP contribution < -0.4 is 5.73 Å². The number of sulfonamides is 1. The van der Waals surface area contributed by atoms with Crippen molar-refractivity contribution in [2.45, 2.75) is 24.4 Å². The summed E-state index contributed by atoms with van der Waals surface area (Å²) in [4.78, 5) is 3.81. The van der Waals surface area contributed by atoms with Crippen molar-refractivity contribution in [2.24, 2.45) is 17.9 Å². The van der Waals surface area contributed by atoms with E-state index in [1.807, 2.05) is 0 Å². The quantitative estimate of drug-likeness (QED) is 0.327. The molecule has 0 aliphatic heterocycles. The van der Waals surface area contributed by atoms with Crippen LogP contribution in [0.1, 0.15) is 13.3 Å². The fourth-order valence-electron chi connectivity index (χ4n) is 1.38. The van der Waals surface area contributed by atoms with Crippen LogP contribution in [0, 0.1) is 0 Å². The molecule has 18 heavy (non-hydrogen) atoms. The van der Waals surface area contributed by atoms with Gasteiger partial charge in [-0.2, -0.15) is 4.31 Å². The number of nitrogens with two attached hydrogens (primary N) is 1. The maximum Gasteiger partial charge on any atom is 0.262 e. The van der Waals surface area contributed by atoms with Gasteiger partial charge in [-0.25, -0.2) is 13.4 Å². The Balaban J connectivity index is 2.92. The Morgan fingerprint density at radius 2 is 2.33 bits per heavy atom. The molecule has 0 bridgehead atoms. The minimum absolute atomic E-state index is 0.0226. The molecule has 1 unspecified atom stereocenters. The van der Waals surface area contributed by atoms with E-state index >= 15 is 0 Å². The average Bonchev–Trinajstić information content (AvgIpc) is 2.75. The van der Waals surface area contributed by atoms with Gasteiger partial charge in [-0.1, -0.05) is 5.16 Å². The average molecular weight is 275 g/mol. The second-order valence-electron chi connectivity index (χ2n) is 4.04. The summed E-state index contributed by atoms with van der Waals surface area (Å²) in [5.41, 5.74) is 5.36. The van der Waals surface area contributed by atoms with Crippen molar-refractivity contribution in [3.63, 3.8) is 0 Å². The van der Waals surface area contributed by atoms with Crippen molar-refractivity contribution in [1.82, 2.24) is 13.9 Å². The molecular weight excluding hydrogens is 258 g/mol. The third-order valence-electron chi connectivity index (χ3n) is 2.58. The van der Waals surface area contributed by atoms with E-state index in [9.17, 15) is 8.42 Å². The summed E-state index contributed by atoms with van der Waals surface area (Å²) >= 11 is 0. The zero-order valence-electron chi connectivity index (χ0n) is 10.5. The first-order chi connectivity index (χ1) is 8.28. The smallest absolute Gasteiger partial charge is 0.262 e. The molecule has 0 aliphatic carbocycles. The number of nitrogens with zero attached hydrogens (tertiary/aromatic N) is 4. The van der Waals surface area contributed by atoms with Gasteiger partial charge in [0.15, 0.2) is 5.03 Å². The molecule has 9 heteroatoms. The van der Waals surface area contributed by atoms with E-state index in [1.54, 1.807) is 18.5 Å². The van der Waals surface area contributed by atoms with Crippen molar-refractivity contribution in [3.8, 4) is 0 Å². The first-order valence-electron chi connectivity index (χ1n) is 5.21. The highest BCUT2D eigenvalue weighted by Crippen LogP contribution is 2.15. The predicted octanol–water partition coefficient (Wildman–Crippen LogP) is -0.434. The number of hydrogen-bond acceptors (Lipinski definition) is 5. The van der Waals surface area contributed by atoms with Crippen LogP contribution in [0.5, 0.6) is 0 Å². The Hall–Kier alpha value is -1.61. The standard InChI is InChI=1S/C9H17N5O3S/c1-7(4-8(10)12-15)14(3)18(16,17)9-5-13(2)6-11-9/h5-7,15H,4H2,1-3H3,(H2,10,12). The first kappa shape index (κ1) is 14.5. The highest BCUT2D eigenvalue weighted by Gasteiger charge is 2.27. The topological polar surface area (TPSA) is 114 Å². The van der Waals surface area contributed by atoms with E-state index in [0.717, 1.165) is 4.31 Å². The summed E-state index contributed by atoms with van der Waals surface area (Å²) < 4.78 is 27.0. The molecule has 0 spiro atoms. The van der Waals surface area contributed by atoms with E-state index in [4.69, 9.17) is 10.9 Å². The van der Waals surface area contributed by atoms with Crippen LogP contribution in [0.2, 0.25) is 0 Å². The summed E-state index contributed by atoms with van der Waals surface area (Å²) in [7, 11) is -0.546. The molecule has 0 aromatic carbocycles. The zero-order valence-corrected chi connectivity index (χ0v) is 11.3.